The molecule has 1 heterocycles. The van der Waals surface area contributed by atoms with E-state index >= 15 is 0 Å². The first kappa shape index (κ1) is 16.1. The van der Waals surface area contributed by atoms with E-state index in [0.29, 0.717) is 16.9 Å². The first-order chi connectivity index (χ1) is 11.2. The molecule has 0 aliphatic heterocycles. The maximum absolute atomic E-state index is 11.7. The molecule has 0 saturated heterocycles. The average molecular weight is 310 g/mol. The van der Waals surface area contributed by atoms with E-state index in [9.17, 15) is 9.59 Å². The molecule has 0 saturated carbocycles. The number of benzene rings is 1. The molecular weight excluding hydrogens is 296 g/mol. The second-order valence-corrected chi connectivity index (χ2v) is 4.52. The van der Waals surface area contributed by atoms with Crippen molar-refractivity contribution in [3.63, 3.8) is 0 Å². The standard InChI is InChI=1S/C16H14N4O3/c17-8-12-3-5-13(6-4-12)19-15(21)10-23-11-16(22)20-14-2-1-7-18-9-14/h1-7,9H,10-11H2,(H,19,21)(H,20,22). The van der Waals surface area contributed by atoms with Gasteiger partial charge in [0.05, 0.1) is 23.5 Å². The highest BCUT2D eigenvalue weighted by Crippen LogP contribution is 2.08. The van der Waals surface area contributed by atoms with Crippen molar-refractivity contribution in [1.29, 1.82) is 5.26 Å². The van der Waals surface area contributed by atoms with Gasteiger partial charge in [-0.1, -0.05) is 0 Å². The van der Waals surface area contributed by atoms with E-state index in [-0.39, 0.29) is 25.0 Å². The lowest BCUT2D eigenvalue weighted by Crippen LogP contribution is -2.23. The van der Waals surface area contributed by atoms with Gasteiger partial charge in [-0.3, -0.25) is 14.6 Å². The molecule has 0 radical (unpaired) electrons. The molecule has 7 nitrogen and oxygen atoms in total. The fourth-order valence-corrected chi connectivity index (χ4v) is 1.70. The summed E-state index contributed by atoms with van der Waals surface area (Å²) in [6, 6.07) is 11.8. The lowest BCUT2D eigenvalue weighted by atomic mass is 10.2. The lowest BCUT2D eigenvalue weighted by Gasteiger charge is -2.07. The number of hydrogen-bond acceptors (Lipinski definition) is 5. The van der Waals surface area contributed by atoms with Crippen molar-refractivity contribution < 1.29 is 14.3 Å². The van der Waals surface area contributed by atoms with Gasteiger partial charge in [-0.05, 0) is 36.4 Å². The zero-order chi connectivity index (χ0) is 16.5. The quantitative estimate of drug-likeness (QED) is 0.842. The van der Waals surface area contributed by atoms with Crippen LogP contribution < -0.4 is 10.6 Å². The number of pyridine rings is 1. The Hall–Kier alpha value is -3.24. The molecule has 116 valence electrons. The molecule has 0 atom stereocenters. The zero-order valence-corrected chi connectivity index (χ0v) is 12.2. The highest BCUT2D eigenvalue weighted by atomic mass is 16.5. The maximum Gasteiger partial charge on any atom is 0.250 e. The van der Waals surface area contributed by atoms with E-state index in [1.807, 2.05) is 6.07 Å². The fraction of sp³-hybridized carbons (Fsp3) is 0.125. The summed E-state index contributed by atoms with van der Waals surface area (Å²) in [5.41, 5.74) is 1.62. The molecule has 0 aliphatic rings. The number of anilines is 2. The van der Waals surface area contributed by atoms with E-state index in [2.05, 4.69) is 15.6 Å². The maximum atomic E-state index is 11.7. The van der Waals surface area contributed by atoms with Crippen molar-refractivity contribution in [1.82, 2.24) is 4.98 Å². The third-order valence-corrected chi connectivity index (χ3v) is 2.71. The summed E-state index contributed by atoms with van der Waals surface area (Å²) in [6.45, 7) is -0.490. The SMILES string of the molecule is N#Cc1ccc(NC(=O)COCC(=O)Nc2cccnc2)cc1. The van der Waals surface area contributed by atoms with Gasteiger partial charge in [0.2, 0.25) is 11.8 Å². The molecule has 0 spiro atoms. The predicted octanol–water partition coefficient (Wildman–Crippen LogP) is 1.55. The Balaban J connectivity index is 1.70. The molecule has 1 aromatic heterocycles. The summed E-state index contributed by atoms with van der Waals surface area (Å²) >= 11 is 0. The molecule has 1 aromatic carbocycles. The third-order valence-electron chi connectivity index (χ3n) is 2.71. The fourth-order valence-electron chi connectivity index (χ4n) is 1.70. The second kappa shape index (κ2) is 8.26. The summed E-state index contributed by atoms with van der Waals surface area (Å²) in [4.78, 5) is 27.1. The van der Waals surface area contributed by atoms with Gasteiger partial charge in [-0.2, -0.15) is 5.26 Å². The van der Waals surface area contributed by atoms with Crippen molar-refractivity contribution in [2.75, 3.05) is 23.8 Å². The van der Waals surface area contributed by atoms with Crippen molar-refractivity contribution in [3.05, 3.63) is 54.4 Å². The second-order valence-electron chi connectivity index (χ2n) is 4.52. The largest absolute Gasteiger partial charge is 0.362 e. The number of amides is 2. The number of nitriles is 1. The summed E-state index contributed by atoms with van der Waals surface area (Å²) in [5.74, 6) is -0.756. The number of rotatable bonds is 6. The molecule has 0 fully saturated rings. The van der Waals surface area contributed by atoms with E-state index < -0.39 is 0 Å². The van der Waals surface area contributed by atoms with E-state index in [0.717, 1.165) is 0 Å². The number of carbonyl (C=O) groups excluding carboxylic acids is 2. The predicted molar refractivity (Wildman–Crippen MR) is 83.5 cm³/mol. The Kier molecular flexibility index (Phi) is 5.80. The van der Waals surface area contributed by atoms with Crippen LogP contribution in [0.2, 0.25) is 0 Å². The van der Waals surface area contributed by atoms with Crippen LogP contribution in [0.25, 0.3) is 0 Å². The van der Waals surface area contributed by atoms with Crippen molar-refractivity contribution >= 4 is 23.2 Å². The highest BCUT2D eigenvalue weighted by Gasteiger charge is 2.06. The van der Waals surface area contributed by atoms with Gasteiger partial charge < -0.3 is 15.4 Å². The van der Waals surface area contributed by atoms with Crippen molar-refractivity contribution in [2.45, 2.75) is 0 Å². The molecule has 0 aliphatic carbocycles. The molecular formula is C16H14N4O3. The molecule has 2 rings (SSSR count). The minimum absolute atomic E-state index is 0.240. The summed E-state index contributed by atoms with van der Waals surface area (Å²) < 4.78 is 5.05. The van der Waals surface area contributed by atoms with Crippen LogP contribution in [0.5, 0.6) is 0 Å². The topological polar surface area (TPSA) is 104 Å². The minimum Gasteiger partial charge on any atom is -0.362 e. The Morgan fingerprint density at radius 1 is 1.04 bits per heavy atom. The van der Waals surface area contributed by atoms with E-state index in [1.165, 1.54) is 6.20 Å². The molecule has 0 bridgehead atoms. The van der Waals surface area contributed by atoms with Crippen LogP contribution in [0.4, 0.5) is 11.4 Å². The smallest absolute Gasteiger partial charge is 0.250 e. The van der Waals surface area contributed by atoms with Crippen LogP contribution in [-0.4, -0.2) is 30.0 Å². The number of aromatic nitrogens is 1. The minimum atomic E-state index is -0.385. The normalized spacial score (nSPS) is 9.70. The van der Waals surface area contributed by atoms with Gasteiger partial charge >= 0.3 is 0 Å². The highest BCUT2D eigenvalue weighted by molar-refractivity contribution is 5.93. The number of hydrogen-bond donors (Lipinski definition) is 2. The first-order valence-electron chi connectivity index (χ1n) is 6.75. The van der Waals surface area contributed by atoms with Gasteiger partial charge in [0.15, 0.2) is 0 Å². The monoisotopic (exact) mass is 310 g/mol. The van der Waals surface area contributed by atoms with Crippen LogP contribution in [0, 0.1) is 11.3 Å². The molecule has 0 unspecified atom stereocenters. The molecule has 2 N–H and O–H groups in total. The zero-order valence-electron chi connectivity index (χ0n) is 12.2. The Labute approximate surface area is 132 Å². The number of nitrogens with zero attached hydrogens (tertiary/aromatic N) is 2. The summed E-state index contributed by atoms with van der Waals surface area (Å²) in [5, 5.41) is 13.9. The summed E-state index contributed by atoms with van der Waals surface area (Å²) in [6.07, 6.45) is 3.11. The lowest BCUT2D eigenvalue weighted by molar-refractivity contribution is -0.125. The molecule has 2 aromatic rings. The van der Waals surface area contributed by atoms with E-state index in [1.54, 1.807) is 42.6 Å². The van der Waals surface area contributed by atoms with Gasteiger partial charge in [-0.25, -0.2) is 0 Å². The molecule has 2 amide bonds. The van der Waals surface area contributed by atoms with Crippen molar-refractivity contribution in [3.8, 4) is 6.07 Å². The van der Waals surface area contributed by atoms with Crippen molar-refractivity contribution in [2.24, 2.45) is 0 Å². The van der Waals surface area contributed by atoms with Crippen LogP contribution in [-0.2, 0) is 14.3 Å². The Bertz CT molecular complexity index is 708. The number of nitrogens with one attached hydrogen (secondary N) is 2. The molecule has 7 heteroatoms. The number of carbonyl (C=O) groups is 2. The molecule has 23 heavy (non-hydrogen) atoms. The third kappa shape index (κ3) is 5.57. The average Bonchev–Trinajstić information content (AvgIpc) is 2.56. The first-order valence-corrected chi connectivity index (χ1v) is 6.75. The van der Waals surface area contributed by atoms with E-state index in [4.69, 9.17) is 10.00 Å². The Morgan fingerprint density at radius 3 is 2.26 bits per heavy atom. The van der Waals surface area contributed by atoms with Crippen LogP contribution >= 0.6 is 0 Å². The number of ether oxygens (including phenoxy) is 1. The van der Waals surface area contributed by atoms with Crippen LogP contribution in [0.15, 0.2) is 48.8 Å². The van der Waals surface area contributed by atoms with Gasteiger partial charge in [-0.15, -0.1) is 0 Å². The van der Waals surface area contributed by atoms with Crippen LogP contribution in [0.1, 0.15) is 5.56 Å². The van der Waals surface area contributed by atoms with Gasteiger partial charge in [0.1, 0.15) is 13.2 Å². The summed E-state index contributed by atoms with van der Waals surface area (Å²) in [7, 11) is 0. The van der Waals surface area contributed by atoms with Crippen LogP contribution in [0.3, 0.4) is 0 Å². The Morgan fingerprint density at radius 2 is 1.70 bits per heavy atom. The van der Waals surface area contributed by atoms with Gasteiger partial charge in [0, 0.05) is 11.9 Å². The van der Waals surface area contributed by atoms with Gasteiger partial charge in [0.25, 0.3) is 0 Å².